The van der Waals surface area contributed by atoms with Crippen molar-refractivity contribution in [2.24, 2.45) is 0 Å². The van der Waals surface area contributed by atoms with E-state index in [1.165, 1.54) is 18.3 Å². The minimum atomic E-state index is -1.05. The van der Waals surface area contributed by atoms with Crippen molar-refractivity contribution in [2.45, 2.75) is 31.7 Å². The van der Waals surface area contributed by atoms with Gasteiger partial charge in [-0.05, 0) is 61.1 Å². The van der Waals surface area contributed by atoms with Crippen molar-refractivity contribution in [3.8, 4) is 5.75 Å². The number of nitrogens with zero attached hydrogens (tertiary/aromatic N) is 3. The highest BCUT2D eigenvalue weighted by atomic mass is 19.1. The van der Waals surface area contributed by atoms with Crippen molar-refractivity contribution in [1.29, 1.82) is 0 Å². The largest absolute Gasteiger partial charge is 0.497 e. The maximum Gasteiger partial charge on any atom is 0.339 e. The second-order valence-corrected chi connectivity index (χ2v) is 7.59. The van der Waals surface area contributed by atoms with Crippen molar-refractivity contribution in [3.63, 3.8) is 0 Å². The van der Waals surface area contributed by atoms with Gasteiger partial charge in [0.15, 0.2) is 0 Å². The normalized spacial score (nSPS) is 15.8. The van der Waals surface area contributed by atoms with Crippen LogP contribution in [0.5, 0.6) is 5.75 Å². The lowest BCUT2D eigenvalue weighted by atomic mass is 10.0. The number of benzene rings is 2. The number of carbonyl (C=O) groups is 1. The summed E-state index contributed by atoms with van der Waals surface area (Å²) in [6.07, 6.45) is 4.38. The van der Waals surface area contributed by atoms with Gasteiger partial charge in [0.05, 0.1) is 24.4 Å². The molecule has 0 spiro atoms. The number of rotatable bonds is 7. The first-order valence-electron chi connectivity index (χ1n) is 10.3. The number of ether oxygens (including phenoxy) is 1. The summed E-state index contributed by atoms with van der Waals surface area (Å²) in [5, 5.41) is 9.58. The summed E-state index contributed by atoms with van der Waals surface area (Å²) in [6, 6.07) is 14.3. The van der Waals surface area contributed by atoms with Gasteiger partial charge < -0.3 is 14.7 Å². The fraction of sp³-hybridized carbons (Fsp3) is 0.292. The van der Waals surface area contributed by atoms with Gasteiger partial charge in [-0.3, -0.25) is 0 Å². The van der Waals surface area contributed by atoms with Crippen LogP contribution in [0.15, 0.2) is 54.7 Å². The Bertz CT molecular complexity index is 1050. The van der Waals surface area contributed by atoms with Crippen LogP contribution in [0, 0.1) is 5.82 Å². The summed E-state index contributed by atoms with van der Waals surface area (Å²) in [6.45, 7) is 0.806. The molecule has 1 aromatic heterocycles. The van der Waals surface area contributed by atoms with Gasteiger partial charge in [-0.2, -0.15) is 0 Å². The summed E-state index contributed by atoms with van der Waals surface area (Å²) in [5.41, 5.74) is 2.67. The van der Waals surface area contributed by atoms with Gasteiger partial charge >= 0.3 is 5.97 Å². The van der Waals surface area contributed by atoms with Gasteiger partial charge in [-0.25, -0.2) is 19.2 Å². The van der Waals surface area contributed by atoms with Crippen molar-refractivity contribution in [1.82, 2.24) is 9.97 Å². The van der Waals surface area contributed by atoms with Crippen LogP contribution >= 0.6 is 0 Å². The van der Waals surface area contributed by atoms with E-state index < -0.39 is 5.97 Å². The Kier molecular flexibility index (Phi) is 6.11. The first-order chi connectivity index (χ1) is 15.0. The number of aromatic carboxylic acids is 1. The molecular weight excluding hydrogens is 397 g/mol. The van der Waals surface area contributed by atoms with Crippen LogP contribution in [0.25, 0.3) is 0 Å². The van der Waals surface area contributed by atoms with Crippen LogP contribution < -0.4 is 9.64 Å². The predicted molar refractivity (Wildman–Crippen MR) is 115 cm³/mol. The summed E-state index contributed by atoms with van der Waals surface area (Å²) < 4.78 is 18.4. The molecule has 1 aliphatic rings. The Balaban J connectivity index is 1.59. The minimum Gasteiger partial charge on any atom is -0.497 e. The molecule has 2 heterocycles. The lowest BCUT2D eigenvalue weighted by Crippen LogP contribution is -2.25. The monoisotopic (exact) mass is 421 g/mol. The molecule has 7 heteroatoms. The molecule has 0 radical (unpaired) electrons. The number of hydrogen-bond donors (Lipinski definition) is 1. The maximum atomic E-state index is 13.2. The van der Waals surface area contributed by atoms with Crippen LogP contribution in [0.2, 0.25) is 0 Å². The van der Waals surface area contributed by atoms with Crippen molar-refractivity contribution in [2.75, 3.05) is 18.6 Å². The quantitative estimate of drug-likeness (QED) is 0.608. The van der Waals surface area contributed by atoms with E-state index in [0.29, 0.717) is 24.5 Å². The molecule has 31 heavy (non-hydrogen) atoms. The lowest BCUT2D eigenvalue weighted by molar-refractivity contribution is 0.0694. The van der Waals surface area contributed by atoms with Crippen molar-refractivity contribution < 1.29 is 19.0 Å². The third-order valence-corrected chi connectivity index (χ3v) is 5.66. The van der Waals surface area contributed by atoms with E-state index in [1.54, 1.807) is 19.2 Å². The number of aryl methyl sites for hydroxylation is 2. The van der Waals surface area contributed by atoms with E-state index in [1.807, 2.05) is 24.3 Å². The molecule has 1 saturated heterocycles. The van der Waals surface area contributed by atoms with Gasteiger partial charge in [0.25, 0.3) is 0 Å². The van der Waals surface area contributed by atoms with Gasteiger partial charge in [0, 0.05) is 12.7 Å². The van der Waals surface area contributed by atoms with Crippen molar-refractivity contribution in [3.05, 3.63) is 82.9 Å². The fourth-order valence-electron chi connectivity index (χ4n) is 4.01. The highest BCUT2D eigenvalue weighted by Crippen LogP contribution is 2.35. The van der Waals surface area contributed by atoms with Crippen LogP contribution in [0.1, 0.15) is 46.1 Å². The molecule has 0 aliphatic carbocycles. The number of anilines is 1. The Morgan fingerprint density at radius 3 is 2.58 bits per heavy atom. The average Bonchev–Trinajstić information content (AvgIpc) is 3.28. The predicted octanol–water partition coefficient (Wildman–Crippen LogP) is 4.45. The first kappa shape index (κ1) is 20.8. The number of hydrogen-bond acceptors (Lipinski definition) is 5. The Hall–Kier alpha value is -3.48. The molecule has 0 amide bonds. The Morgan fingerprint density at radius 1 is 1.16 bits per heavy atom. The second kappa shape index (κ2) is 9.12. The zero-order valence-corrected chi connectivity index (χ0v) is 17.3. The molecule has 0 unspecified atom stereocenters. The highest BCUT2D eigenvalue weighted by molar-refractivity contribution is 5.88. The van der Waals surface area contributed by atoms with E-state index in [2.05, 4.69) is 14.9 Å². The van der Waals surface area contributed by atoms with Crippen LogP contribution in [-0.4, -0.2) is 34.7 Å². The SMILES string of the molecule is COc1ccc([C@@H]2CCCN2c2ncc(C(=O)O)c(CCc3ccc(F)cc3)n2)cc1. The third kappa shape index (κ3) is 4.66. The Labute approximate surface area is 180 Å². The zero-order chi connectivity index (χ0) is 21.8. The van der Waals surface area contributed by atoms with Crippen LogP contribution in [0.3, 0.4) is 0 Å². The molecular formula is C24H24FN3O3. The molecule has 2 aromatic carbocycles. The molecule has 6 nitrogen and oxygen atoms in total. The first-order valence-corrected chi connectivity index (χ1v) is 10.3. The summed E-state index contributed by atoms with van der Waals surface area (Å²) in [7, 11) is 1.64. The van der Waals surface area contributed by atoms with Gasteiger partial charge in [-0.1, -0.05) is 24.3 Å². The summed E-state index contributed by atoms with van der Waals surface area (Å²) in [4.78, 5) is 22.9. The van der Waals surface area contributed by atoms with Crippen LogP contribution in [0.4, 0.5) is 10.3 Å². The second-order valence-electron chi connectivity index (χ2n) is 7.59. The van der Waals surface area contributed by atoms with E-state index in [4.69, 9.17) is 4.74 Å². The molecule has 1 fully saturated rings. The average molecular weight is 421 g/mol. The zero-order valence-electron chi connectivity index (χ0n) is 17.3. The smallest absolute Gasteiger partial charge is 0.339 e. The molecule has 1 N–H and O–H groups in total. The highest BCUT2D eigenvalue weighted by Gasteiger charge is 2.29. The van der Waals surface area contributed by atoms with E-state index in [9.17, 15) is 14.3 Å². The Morgan fingerprint density at radius 2 is 1.90 bits per heavy atom. The van der Waals surface area contributed by atoms with E-state index in [-0.39, 0.29) is 17.4 Å². The topological polar surface area (TPSA) is 75.5 Å². The molecule has 4 rings (SSSR count). The van der Waals surface area contributed by atoms with Crippen LogP contribution in [-0.2, 0) is 12.8 Å². The van der Waals surface area contributed by atoms with Gasteiger partial charge in [0.2, 0.25) is 5.95 Å². The molecule has 0 bridgehead atoms. The lowest BCUT2D eigenvalue weighted by Gasteiger charge is -2.25. The maximum absolute atomic E-state index is 13.2. The number of halogens is 1. The van der Waals surface area contributed by atoms with Gasteiger partial charge in [-0.15, -0.1) is 0 Å². The molecule has 1 aliphatic heterocycles. The van der Waals surface area contributed by atoms with E-state index in [0.717, 1.165) is 36.3 Å². The molecule has 160 valence electrons. The standard InChI is InChI=1S/C24H24FN3O3/c1-31-19-11-7-17(8-12-19)22-3-2-14-28(22)24-26-15-20(23(29)30)21(27-24)13-6-16-4-9-18(25)10-5-16/h4-5,7-12,15,22H,2-3,6,13-14H2,1H3,(H,29,30)/t22-/m0/s1. The third-order valence-electron chi connectivity index (χ3n) is 5.66. The molecule has 3 aromatic rings. The van der Waals surface area contributed by atoms with Crippen molar-refractivity contribution >= 4 is 11.9 Å². The number of carboxylic acid groups (broad SMARTS) is 1. The molecule has 0 saturated carbocycles. The minimum absolute atomic E-state index is 0.103. The number of methoxy groups -OCH3 is 1. The molecule has 1 atom stereocenters. The number of aromatic nitrogens is 2. The number of carboxylic acids is 1. The summed E-state index contributed by atoms with van der Waals surface area (Å²) >= 11 is 0. The van der Waals surface area contributed by atoms with Gasteiger partial charge in [0.1, 0.15) is 11.6 Å². The summed E-state index contributed by atoms with van der Waals surface area (Å²) in [5.74, 6) is 0.00236. The van der Waals surface area contributed by atoms with E-state index >= 15 is 0 Å². The fourth-order valence-corrected chi connectivity index (χ4v) is 4.01.